The van der Waals surface area contributed by atoms with Gasteiger partial charge in [-0.2, -0.15) is 5.10 Å². The fourth-order valence-electron chi connectivity index (χ4n) is 1.09. The van der Waals surface area contributed by atoms with Crippen LogP contribution in [0.4, 0.5) is 5.82 Å². The molecular weight excluding hydrogens is 192 g/mol. The molecular formula is C10H18N4O. The van der Waals surface area contributed by atoms with E-state index in [1.165, 1.54) is 0 Å². The van der Waals surface area contributed by atoms with Gasteiger partial charge in [0.25, 0.3) is 0 Å². The molecule has 5 heteroatoms. The average molecular weight is 210 g/mol. The predicted octanol–water partition coefficient (Wildman–Crippen LogP) is 0.699. The molecule has 0 aromatic carbocycles. The molecule has 0 aliphatic heterocycles. The Bertz CT molecular complexity index is 332. The number of likely N-dealkylation sites (N-methyl/N-ethyl adjacent to an activating group) is 1. The van der Waals surface area contributed by atoms with E-state index in [1.54, 1.807) is 24.0 Å². The number of hydrogen-bond donors (Lipinski definition) is 1. The Kier molecular flexibility index (Phi) is 3.85. The normalized spacial score (nSPS) is 11.1. The van der Waals surface area contributed by atoms with Crippen molar-refractivity contribution in [2.75, 3.05) is 18.9 Å². The van der Waals surface area contributed by atoms with Crippen molar-refractivity contribution in [2.24, 2.45) is 7.05 Å². The summed E-state index contributed by atoms with van der Waals surface area (Å²) >= 11 is 0. The average Bonchev–Trinajstić information content (AvgIpc) is 2.51. The standard InChI is InChI=1S/C10H18N4O/c1-8(2)13(3)7-10(15)12-9-5-6-11-14(9)4/h5-6,8H,7H2,1-4H3,(H,12,15). The second kappa shape index (κ2) is 4.93. The lowest BCUT2D eigenvalue weighted by Gasteiger charge is -2.20. The first-order chi connectivity index (χ1) is 7.00. The van der Waals surface area contributed by atoms with Gasteiger partial charge in [-0.25, -0.2) is 0 Å². The molecule has 1 aromatic heterocycles. The van der Waals surface area contributed by atoms with Crippen LogP contribution in [0.3, 0.4) is 0 Å². The highest BCUT2D eigenvalue weighted by Gasteiger charge is 2.10. The van der Waals surface area contributed by atoms with E-state index in [0.717, 1.165) is 5.82 Å². The number of carbonyl (C=O) groups excluding carboxylic acids is 1. The zero-order chi connectivity index (χ0) is 11.4. The van der Waals surface area contributed by atoms with Crippen molar-refractivity contribution in [1.82, 2.24) is 14.7 Å². The lowest BCUT2D eigenvalue weighted by Crippen LogP contribution is -2.35. The van der Waals surface area contributed by atoms with E-state index in [2.05, 4.69) is 24.3 Å². The van der Waals surface area contributed by atoms with Crippen LogP contribution in [0.15, 0.2) is 12.3 Å². The second-order valence-electron chi connectivity index (χ2n) is 3.90. The van der Waals surface area contributed by atoms with Crippen molar-refractivity contribution in [3.63, 3.8) is 0 Å². The smallest absolute Gasteiger partial charge is 0.239 e. The summed E-state index contributed by atoms with van der Waals surface area (Å²) in [7, 11) is 3.72. The number of anilines is 1. The maximum absolute atomic E-state index is 11.6. The molecule has 0 unspecified atom stereocenters. The molecule has 0 bridgehead atoms. The van der Waals surface area contributed by atoms with E-state index >= 15 is 0 Å². The van der Waals surface area contributed by atoms with Gasteiger partial charge < -0.3 is 5.32 Å². The third-order valence-electron chi connectivity index (χ3n) is 2.36. The first-order valence-corrected chi connectivity index (χ1v) is 4.99. The Hall–Kier alpha value is -1.36. The zero-order valence-corrected chi connectivity index (χ0v) is 9.69. The number of aryl methyl sites for hydroxylation is 1. The molecule has 1 aromatic rings. The number of aromatic nitrogens is 2. The highest BCUT2D eigenvalue weighted by molar-refractivity contribution is 5.91. The number of rotatable bonds is 4. The Labute approximate surface area is 90.1 Å². The van der Waals surface area contributed by atoms with E-state index < -0.39 is 0 Å². The summed E-state index contributed by atoms with van der Waals surface area (Å²) in [6.07, 6.45) is 1.65. The molecule has 84 valence electrons. The lowest BCUT2D eigenvalue weighted by molar-refractivity contribution is -0.117. The summed E-state index contributed by atoms with van der Waals surface area (Å²) in [6.45, 7) is 4.50. The Morgan fingerprint density at radius 2 is 2.33 bits per heavy atom. The maximum Gasteiger partial charge on any atom is 0.239 e. The monoisotopic (exact) mass is 210 g/mol. The van der Waals surface area contributed by atoms with E-state index in [-0.39, 0.29) is 5.91 Å². The number of hydrogen-bond acceptors (Lipinski definition) is 3. The lowest BCUT2D eigenvalue weighted by atomic mass is 10.3. The fraction of sp³-hybridized carbons (Fsp3) is 0.600. The van der Waals surface area contributed by atoms with E-state index in [0.29, 0.717) is 12.6 Å². The van der Waals surface area contributed by atoms with Gasteiger partial charge in [-0.1, -0.05) is 0 Å². The third kappa shape index (κ3) is 3.36. The van der Waals surface area contributed by atoms with Gasteiger partial charge in [-0.3, -0.25) is 14.4 Å². The van der Waals surface area contributed by atoms with E-state index in [1.807, 2.05) is 11.9 Å². The Morgan fingerprint density at radius 1 is 1.67 bits per heavy atom. The Morgan fingerprint density at radius 3 is 2.80 bits per heavy atom. The van der Waals surface area contributed by atoms with Crippen molar-refractivity contribution in [2.45, 2.75) is 19.9 Å². The van der Waals surface area contributed by atoms with Crippen molar-refractivity contribution in [3.8, 4) is 0 Å². The van der Waals surface area contributed by atoms with Crippen LogP contribution in [0, 0.1) is 0 Å². The summed E-state index contributed by atoms with van der Waals surface area (Å²) in [5.74, 6) is 0.701. The SMILES string of the molecule is CC(C)N(C)CC(=O)Nc1ccnn1C. The van der Waals surface area contributed by atoms with Gasteiger partial charge >= 0.3 is 0 Å². The fourth-order valence-corrected chi connectivity index (χ4v) is 1.09. The van der Waals surface area contributed by atoms with Gasteiger partial charge in [-0.05, 0) is 20.9 Å². The second-order valence-corrected chi connectivity index (χ2v) is 3.90. The highest BCUT2D eigenvalue weighted by Crippen LogP contribution is 2.03. The minimum atomic E-state index is -0.0187. The number of amides is 1. The van der Waals surface area contributed by atoms with Crippen LogP contribution >= 0.6 is 0 Å². The minimum absolute atomic E-state index is 0.0187. The van der Waals surface area contributed by atoms with Gasteiger partial charge in [0.1, 0.15) is 5.82 Å². The molecule has 0 fully saturated rings. The van der Waals surface area contributed by atoms with Gasteiger partial charge in [0, 0.05) is 19.2 Å². The van der Waals surface area contributed by atoms with Crippen LogP contribution in [0.2, 0.25) is 0 Å². The quantitative estimate of drug-likeness (QED) is 0.795. The molecule has 1 heterocycles. The molecule has 0 spiro atoms. The number of nitrogens with zero attached hydrogens (tertiary/aromatic N) is 3. The van der Waals surface area contributed by atoms with Crippen LogP contribution in [-0.4, -0.2) is 40.2 Å². The first kappa shape index (κ1) is 11.7. The highest BCUT2D eigenvalue weighted by atomic mass is 16.2. The summed E-state index contributed by atoms with van der Waals surface area (Å²) in [4.78, 5) is 13.6. The van der Waals surface area contributed by atoms with E-state index in [4.69, 9.17) is 0 Å². The van der Waals surface area contributed by atoms with Crippen LogP contribution < -0.4 is 5.32 Å². The molecule has 0 aliphatic rings. The first-order valence-electron chi connectivity index (χ1n) is 4.99. The predicted molar refractivity (Wildman–Crippen MR) is 59.6 cm³/mol. The largest absolute Gasteiger partial charge is 0.310 e. The Balaban J connectivity index is 2.47. The van der Waals surface area contributed by atoms with Crippen molar-refractivity contribution < 1.29 is 4.79 Å². The summed E-state index contributed by atoms with van der Waals surface area (Å²) in [5, 5.41) is 6.77. The van der Waals surface area contributed by atoms with Gasteiger partial charge in [0.15, 0.2) is 0 Å². The molecule has 0 saturated carbocycles. The van der Waals surface area contributed by atoms with Gasteiger partial charge in [0.05, 0.1) is 12.7 Å². The van der Waals surface area contributed by atoms with Crippen molar-refractivity contribution >= 4 is 11.7 Å². The van der Waals surface area contributed by atoms with Gasteiger partial charge in [-0.15, -0.1) is 0 Å². The van der Waals surface area contributed by atoms with Crippen LogP contribution in [0.5, 0.6) is 0 Å². The van der Waals surface area contributed by atoms with Crippen LogP contribution in [0.25, 0.3) is 0 Å². The molecule has 0 atom stereocenters. The molecule has 5 nitrogen and oxygen atoms in total. The van der Waals surface area contributed by atoms with Crippen LogP contribution in [0.1, 0.15) is 13.8 Å². The van der Waals surface area contributed by atoms with Crippen molar-refractivity contribution in [1.29, 1.82) is 0 Å². The molecule has 1 rings (SSSR count). The molecule has 15 heavy (non-hydrogen) atoms. The van der Waals surface area contributed by atoms with E-state index in [9.17, 15) is 4.79 Å². The molecule has 0 radical (unpaired) electrons. The third-order valence-corrected chi connectivity index (χ3v) is 2.36. The summed E-state index contributed by atoms with van der Waals surface area (Å²) < 4.78 is 1.63. The molecule has 1 amide bonds. The maximum atomic E-state index is 11.6. The summed E-state index contributed by atoms with van der Waals surface area (Å²) in [6, 6.07) is 2.13. The zero-order valence-electron chi connectivity index (χ0n) is 9.69. The minimum Gasteiger partial charge on any atom is -0.310 e. The molecule has 1 N–H and O–H groups in total. The summed E-state index contributed by atoms with van der Waals surface area (Å²) in [5.41, 5.74) is 0. The number of carbonyl (C=O) groups is 1. The molecule has 0 aliphatic carbocycles. The van der Waals surface area contributed by atoms with Crippen LogP contribution in [-0.2, 0) is 11.8 Å². The topological polar surface area (TPSA) is 50.2 Å². The molecule has 0 saturated heterocycles. The number of nitrogens with one attached hydrogen (secondary N) is 1. The van der Waals surface area contributed by atoms with Gasteiger partial charge in [0.2, 0.25) is 5.91 Å². The van der Waals surface area contributed by atoms with Crippen molar-refractivity contribution in [3.05, 3.63) is 12.3 Å².